The molecule has 294 valence electrons. The summed E-state index contributed by atoms with van der Waals surface area (Å²) in [6, 6.07) is 64.1. The van der Waals surface area contributed by atoms with Crippen molar-refractivity contribution in [3.8, 4) is 89.0 Å². The summed E-state index contributed by atoms with van der Waals surface area (Å²) in [5, 5.41) is 7.75. The first-order valence-electron chi connectivity index (χ1n) is 22.4. The molecule has 0 bridgehead atoms. The average molecular weight is 801 g/mol. The Labute approximate surface area is 365 Å². The first-order chi connectivity index (χ1) is 30.8. The SMILES string of the molecule is CC1(C)c2cc(-c3cccc4c3-c3cccc5cccc-4c35)ccc2-c2c1c1c(c3c2oc2ccccc23)-c2ccc(-c3cccc4c3-c3cccc5cccc-4c35)cc2C1(C)C. The minimum atomic E-state index is -0.300. The molecule has 4 aliphatic rings. The third kappa shape index (κ3) is 4.02. The van der Waals surface area contributed by atoms with Crippen molar-refractivity contribution in [2.24, 2.45) is 0 Å². The lowest BCUT2D eigenvalue weighted by Gasteiger charge is -2.31. The Balaban J connectivity index is 0.955. The van der Waals surface area contributed by atoms with Gasteiger partial charge in [-0.3, -0.25) is 0 Å². The van der Waals surface area contributed by atoms with Crippen molar-refractivity contribution in [1.29, 1.82) is 0 Å². The summed E-state index contributed by atoms with van der Waals surface area (Å²) >= 11 is 0. The van der Waals surface area contributed by atoms with Crippen LogP contribution in [-0.2, 0) is 10.8 Å². The van der Waals surface area contributed by atoms with Gasteiger partial charge in [0.1, 0.15) is 11.2 Å². The molecule has 0 radical (unpaired) electrons. The first kappa shape index (κ1) is 34.1. The summed E-state index contributed by atoms with van der Waals surface area (Å²) in [6.45, 7) is 9.85. The summed E-state index contributed by atoms with van der Waals surface area (Å²) in [6.07, 6.45) is 0. The van der Waals surface area contributed by atoms with Gasteiger partial charge in [0.05, 0.1) is 0 Å². The van der Waals surface area contributed by atoms with E-state index in [9.17, 15) is 0 Å². The van der Waals surface area contributed by atoms with Crippen molar-refractivity contribution in [3.05, 3.63) is 192 Å². The van der Waals surface area contributed by atoms with Crippen LogP contribution in [0.25, 0.3) is 132 Å². The molecule has 11 aromatic rings. The van der Waals surface area contributed by atoms with E-state index in [0.717, 1.165) is 11.2 Å². The van der Waals surface area contributed by atoms with E-state index in [1.807, 2.05) is 0 Å². The molecule has 0 saturated carbocycles. The third-order valence-electron chi connectivity index (χ3n) is 15.7. The molecule has 0 fully saturated rings. The molecule has 1 heterocycles. The molecule has 0 atom stereocenters. The van der Waals surface area contributed by atoms with E-state index < -0.39 is 0 Å². The van der Waals surface area contributed by atoms with Gasteiger partial charge in [0.25, 0.3) is 0 Å². The van der Waals surface area contributed by atoms with E-state index >= 15 is 0 Å². The molecule has 15 rings (SSSR count). The van der Waals surface area contributed by atoms with Crippen molar-refractivity contribution < 1.29 is 4.42 Å². The summed E-state index contributed by atoms with van der Waals surface area (Å²) < 4.78 is 7.10. The van der Waals surface area contributed by atoms with Gasteiger partial charge in [-0.05, 0) is 145 Å². The Hall–Kier alpha value is -7.48. The Morgan fingerprint density at radius 3 is 1.33 bits per heavy atom. The lowest BCUT2D eigenvalue weighted by molar-refractivity contribution is 0.600. The second kappa shape index (κ2) is 11.3. The summed E-state index contributed by atoms with van der Waals surface area (Å²) in [5.74, 6) is 0. The van der Waals surface area contributed by atoms with E-state index in [1.165, 1.54) is 144 Å². The number of hydrogen-bond acceptors (Lipinski definition) is 1. The Morgan fingerprint density at radius 2 is 0.778 bits per heavy atom. The standard InChI is InChI=1S/C62H40O/c1-61(2)48-31-35(37-18-11-22-41-39-20-7-13-33-15-9-24-46(51(33)39)53(37)41)27-29-43(48)55-56-45-17-5-6-26-50(45)63-60(56)57-44-30-28-36(32-49(44)62(3,4)59(57)58(55)61)38-19-12-23-42-40-21-8-14-34-16-10-25-47(52(34)40)54(38)42/h5-32H,1-4H3. The highest BCUT2D eigenvalue weighted by Crippen LogP contribution is 2.64. The Kier molecular flexibility index (Phi) is 6.13. The van der Waals surface area contributed by atoms with Gasteiger partial charge in [0.15, 0.2) is 0 Å². The van der Waals surface area contributed by atoms with E-state index in [2.05, 4.69) is 198 Å². The molecular formula is C62H40O. The molecule has 0 aliphatic heterocycles. The zero-order valence-corrected chi connectivity index (χ0v) is 35.6. The van der Waals surface area contributed by atoms with Gasteiger partial charge in [0, 0.05) is 27.2 Å². The number of benzene rings is 10. The van der Waals surface area contributed by atoms with Gasteiger partial charge in [-0.2, -0.15) is 0 Å². The van der Waals surface area contributed by atoms with Crippen LogP contribution in [0.3, 0.4) is 0 Å². The molecule has 4 aliphatic carbocycles. The fraction of sp³-hybridized carbons (Fsp3) is 0.0968. The van der Waals surface area contributed by atoms with Crippen LogP contribution in [0.5, 0.6) is 0 Å². The van der Waals surface area contributed by atoms with Crippen LogP contribution in [0.4, 0.5) is 0 Å². The zero-order chi connectivity index (χ0) is 41.7. The quantitative estimate of drug-likeness (QED) is 0.170. The number of hydrogen-bond donors (Lipinski definition) is 0. The van der Waals surface area contributed by atoms with Crippen LogP contribution in [0.1, 0.15) is 49.9 Å². The van der Waals surface area contributed by atoms with Crippen LogP contribution in [0.15, 0.2) is 174 Å². The van der Waals surface area contributed by atoms with Crippen LogP contribution < -0.4 is 0 Å². The number of para-hydroxylation sites is 1. The third-order valence-corrected chi connectivity index (χ3v) is 15.7. The molecule has 10 aromatic carbocycles. The molecular weight excluding hydrogens is 761 g/mol. The summed E-state index contributed by atoms with van der Waals surface area (Å²) in [4.78, 5) is 0. The summed E-state index contributed by atoms with van der Waals surface area (Å²) in [7, 11) is 0. The lowest BCUT2D eigenvalue weighted by atomic mass is 9.71. The maximum Gasteiger partial charge on any atom is 0.144 e. The van der Waals surface area contributed by atoms with E-state index in [1.54, 1.807) is 0 Å². The average Bonchev–Trinajstić information content (AvgIpc) is 4.07. The predicted molar refractivity (Wildman–Crippen MR) is 264 cm³/mol. The smallest absolute Gasteiger partial charge is 0.144 e. The monoisotopic (exact) mass is 800 g/mol. The minimum absolute atomic E-state index is 0.287. The number of furan rings is 1. The molecule has 1 heteroatoms. The van der Waals surface area contributed by atoms with Crippen molar-refractivity contribution in [2.45, 2.75) is 38.5 Å². The second-order valence-electron chi connectivity index (χ2n) is 19.4. The van der Waals surface area contributed by atoms with Crippen molar-refractivity contribution >= 4 is 43.5 Å². The highest BCUT2D eigenvalue weighted by atomic mass is 16.3. The van der Waals surface area contributed by atoms with Gasteiger partial charge in [-0.15, -0.1) is 0 Å². The fourth-order valence-corrected chi connectivity index (χ4v) is 13.1. The van der Waals surface area contributed by atoms with Gasteiger partial charge < -0.3 is 4.42 Å². The van der Waals surface area contributed by atoms with Gasteiger partial charge in [-0.1, -0.05) is 179 Å². The highest BCUT2D eigenvalue weighted by Gasteiger charge is 2.49. The lowest BCUT2D eigenvalue weighted by Crippen LogP contribution is -2.24. The van der Waals surface area contributed by atoms with Crippen molar-refractivity contribution in [1.82, 2.24) is 0 Å². The van der Waals surface area contributed by atoms with Gasteiger partial charge in [-0.25, -0.2) is 0 Å². The van der Waals surface area contributed by atoms with Crippen molar-refractivity contribution in [3.63, 3.8) is 0 Å². The molecule has 63 heavy (non-hydrogen) atoms. The van der Waals surface area contributed by atoms with E-state index in [-0.39, 0.29) is 10.8 Å². The van der Waals surface area contributed by atoms with E-state index in [0.29, 0.717) is 0 Å². The molecule has 0 amide bonds. The van der Waals surface area contributed by atoms with Gasteiger partial charge in [0.2, 0.25) is 0 Å². The topological polar surface area (TPSA) is 13.1 Å². The van der Waals surface area contributed by atoms with Crippen LogP contribution in [-0.4, -0.2) is 0 Å². The van der Waals surface area contributed by atoms with Crippen molar-refractivity contribution in [2.75, 3.05) is 0 Å². The minimum Gasteiger partial charge on any atom is -0.455 e. The second-order valence-corrected chi connectivity index (χ2v) is 19.4. The molecule has 1 aromatic heterocycles. The largest absolute Gasteiger partial charge is 0.455 e. The summed E-state index contributed by atoms with van der Waals surface area (Å²) in [5.41, 5.74) is 27.9. The number of fused-ring (bicyclic) bond motifs is 18. The first-order valence-corrected chi connectivity index (χ1v) is 22.4. The predicted octanol–water partition coefficient (Wildman–Crippen LogP) is 17.1. The van der Waals surface area contributed by atoms with Crippen LogP contribution >= 0.6 is 0 Å². The maximum absolute atomic E-state index is 7.10. The normalized spacial score (nSPS) is 14.9. The molecule has 1 nitrogen and oxygen atoms in total. The van der Waals surface area contributed by atoms with Crippen LogP contribution in [0, 0.1) is 0 Å². The molecule has 0 unspecified atom stereocenters. The Bertz CT molecular complexity index is 3950. The molecule has 0 N–H and O–H groups in total. The fourth-order valence-electron chi connectivity index (χ4n) is 13.1. The molecule has 0 saturated heterocycles. The van der Waals surface area contributed by atoms with E-state index in [4.69, 9.17) is 4.42 Å². The highest BCUT2D eigenvalue weighted by molar-refractivity contribution is 6.22. The van der Waals surface area contributed by atoms with Crippen LogP contribution in [0.2, 0.25) is 0 Å². The molecule has 0 spiro atoms. The van der Waals surface area contributed by atoms with Gasteiger partial charge >= 0.3 is 0 Å². The zero-order valence-electron chi connectivity index (χ0n) is 35.6. The maximum atomic E-state index is 7.10. The number of rotatable bonds is 2. The Morgan fingerprint density at radius 1 is 0.333 bits per heavy atom.